The molecule has 0 amide bonds. The van der Waals surface area contributed by atoms with E-state index in [2.05, 4.69) is 9.88 Å². The predicted octanol–water partition coefficient (Wildman–Crippen LogP) is 4.25. The summed E-state index contributed by atoms with van der Waals surface area (Å²) >= 11 is 11.8. The first-order valence-electron chi connectivity index (χ1n) is 6.73. The lowest BCUT2D eigenvalue weighted by atomic mass is 10.2. The van der Waals surface area contributed by atoms with Crippen molar-refractivity contribution < 1.29 is 17.7 Å². The second kappa shape index (κ2) is 6.16. The molecule has 1 heterocycles. The summed E-state index contributed by atoms with van der Waals surface area (Å²) in [5.74, 6) is 0.301. The standard InChI is InChI=1S/C15H12Cl2N2O4S/c1-8-12-6-13(15(22-2)7-14(12)23-18-8)19-24(20,21)11-4-9(16)3-10(17)5-11/h3-7,19H,1-2H3. The minimum absolute atomic E-state index is 0.0517. The molecule has 0 fully saturated rings. The molecule has 0 aliphatic carbocycles. The SMILES string of the molecule is COc1cc2onc(C)c2cc1NS(=O)(=O)c1cc(Cl)cc(Cl)c1. The summed E-state index contributed by atoms with van der Waals surface area (Å²) < 4.78 is 38.1. The van der Waals surface area contributed by atoms with Gasteiger partial charge >= 0.3 is 0 Å². The minimum Gasteiger partial charge on any atom is -0.494 e. The molecule has 6 nitrogen and oxygen atoms in total. The van der Waals surface area contributed by atoms with Gasteiger partial charge in [-0.1, -0.05) is 28.4 Å². The van der Waals surface area contributed by atoms with Crippen molar-refractivity contribution in [3.8, 4) is 5.75 Å². The molecule has 3 rings (SSSR count). The molecule has 9 heteroatoms. The number of fused-ring (bicyclic) bond motifs is 1. The van der Waals surface area contributed by atoms with Gasteiger partial charge in [0.2, 0.25) is 0 Å². The van der Waals surface area contributed by atoms with Crippen LogP contribution in [0.3, 0.4) is 0 Å². The second-order valence-corrected chi connectivity index (χ2v) is 7.58. The summed E-state index contributed by atoms with van der Waals surface area (Å²) in [6.45, 7) is 1.76. The number of hydrogen-bond acceptors (Lipinski definition) is 5. The lowest BCUT2D eigenvalue weighted by molar-refractivity contribution is 0.413. The number of nitrogens with one attached hydrogen (secondary N) is 1. The lowest BCUT2D eigenvalue weighted by Crippen LogP contribution is -2.13. The Kier molecular flexibility index (Phi) is 4.33. The largest absolute Gasteiger partial charge is 0.494 e. The molecular weight excluding hydrogens is 375 g/mol. The van der Waals surface area contributed by atoms with Crippen LogP contribution in [0, 0.1) is 6.92 Å². The van der Waals surface area contributed by atoms with Gasteiger partial charge in [-0.3, -0.25) is 4.72 Å². The highest BCUT2D eigenvalue weighted by Gasteiger charge is 2.20. The highest BCUT2D eigenvalue weighted by molar-refractivity contribution is 7.92. The molecular formula is C15H12Cl2N2O4S. The Balaban J connectivity index is 2.08. The third-order valence-electron chi connectivity index (χ3n) is 3.36. The average Bonchev–Trinajstić information content (AvgIpc) is 2.86. The van der Waals surface area contributed by atoms with Gasteiger partial charge in [0.1, 0.15) is 5.75 Å². The number of aromatic nitrogens is 1. The summed E-state index contributed by atoms with van der Waals surface area (Å²) in [5.41, 5.74) is 1.39. The van der Waals surface area contributed by atoms with Crippen LogP contribution in [0.25, 0.3) is 11.0 Å². The molecule has 0 aliphatic heterocycles. The van der Waals surface area contributed by atoms with Crippen LogP contribution in [0.15, 0.2) is 39.8 Å². The first-order chi connectivity index (χ1) is 11.3. The molecule has 0 aliphatic rings. The van der Waals surface area contributed by atoms with Gasteiger partial charge in [0.15, 0.2) is 5.58 Å². The summed E-state index contributed by atoms with van der Waals surface area (Å²) in [5, 5.41) is 4.97. The average molecular weight is 387 g/mol. The number of anilines is 1. The van der Waals surface area contributed by atoms with E-state index >= 15 is 0 Å². The van der Waals surface area contributed by atoms with Crippen molar-refractivity contribution in [3.05, 3.63) is 46.1 Å². The van der Waals surface area contributed by atoms with Crippen molar-refractivity contribution in [1.82, 2.24) is 5.16 Å². The van der Waals surface area contributed by atoms with Crippen molar-refractivity contribution in [2.45, 2.75) is 11.8 Å². The Morgan fingerprint density at radius 3 is 2.42 bits per heavy atom. The van der Waals surface area contributed by atoms with Crippen molar-refractivity contribution >= 4 is 49.9 Å². The highest BCUT2D eigenvalue weighted by Crippen LogP contribution is 2.34. The van der Waals surface area contributed by atoms with Crippen LogP contribution in [0.2, 0.25) is 10.0 Å². The summed E-state index contributed by atoms with van der Waals surface area (Å²) in [7, 11) is -2.48. The monoisotopic (exact) mass is 386 g/mol. The molecule has 0 saturated carbocycles. The van der Waals surface area contributed by atoms with Crippen LogP contribution in [0.1, 0.15) is 5.69 Å². The number of hydrogen-bond donors (Lipinski definition) is 1. The van der Waals surface area contributed by atoms with E-state index < -0.39 is 10.0 Å². The van der Waals surface area contributed by atoms with Gasteiger partial charge < -0.3 is 9.26 Å². The van der Waals surface area contributed by atoms with Crippen LogP contribution in [-0.4, -0.2) is 20.7 Å². The maximum absolute atomic E-state index is 12.6. The number of nitrogens with zero attached hydrogens (tertiary/aromatic N) is 1. The smallest absolute Gasteiger partial charge is 0.262 e. The molecule has 0 radical (unpaired) electrons. The summed E-state index contributed by atoms with van der Waals surface area (Å²) in [4.78, 5) is -0.0517. The quantitative estimate of drug-likeness (QED) is 0.724. The second-order valence-electron chi connectivity index (χ2n) is 5.03. The Labute approximate surface area is 148 Å². The van der Waals surface area contributed by atoms with Gasteiger partial charge in [-0.25, -0.2) is 8.42 Å². The normalized spacial score (nSPS) is 11.7. The highest BCUT2D eigenvalue weighted by atomic mass is 35.5. The number of sulfonamides is 1. The molecule has 0 saturated heterocycles. The van der Waals surface area contributed by atoms with Crippen molar-refractivity contribution in [3.63, 3.8) is 0 Å². The molecule has 24 heavy (non-hydrogen) atoms. The van der Waals surface area contributed by atoms with Gasteiger partial charge in [0, 0.05) is 21.5 Å². The van der Waals surface area contributed by atoms with Gasteiger partial charge in [0.05, 0.1) is 23.4 Å². The molecule has 0 bridgehead atoms. The van der Waals surface area contributed by atoms with Crippen LogP contribution >= 0.6 is 23.2 Å². The van der Waals surface area contributed by atoms with Gasteiger partial charge in [-0.2, -0.15) is 0 Å². The van der Waals surface area contributed by atoms with Gasteiger partial charge in [-0.15, -0.1) is 0 Å². The number of ether oxygens (including phenoxy) is 1. The summed E-state index contributed by atoms with van der Waals surface area (Å²) in [6.07, 6.45) is 0. The zero-order valence-corrected chi connectivity index (χ0v) is 15.0. The fourth-order valence-electron chi connectivity index (χ4n) is 2.22. The zero-order valence-electron chi connectivity index (χ0n) is 12.6. The van der Waals surface area contributed by atoms with Crippen molar-refractivity contribution in [2.24, 2.45) is 0 Å². The number of aryl methyl sites for hydroxylation is 1. The molecule has 1 N–H and O–H groups in total. The summed E-state index contributed by atoms with van der Waals surface area (Å²) in [6, 6.07) is 7.24. The van der Waals surface area contributed by atoms with E-state index in [1.807, 2.05) is 0 Å². The Morgan fingerprint density at radius 2 is 1.79 bits per heavy atom. The fourth-order valence-corrected chi connectivity index (χ4v) is 4.01. The van der Waals surface area contributed by atoms with E-state index in [4.69, 9.17) is 32.5 Å². The van der Waals surface area contributed by atoms with E-state index in [9.17, 15) is 8.42 Å². The lowest BCUT2D eigenvalue weighted by Gasteiger charge is -2.12. The van der Waals surface area contributed by atoms with Gasteiger partial charge in [-0.05, 0) is 31.2 Å². The fraction of sp³-hybridized carbons (Fsp3) is 0.133. The van der Waals surface area contributed by atoms with Crippen LogP contribution < -0.4 is 9.46 Å². The first kappa shape index (κ1) is 16.9. The number of benzene rings is 2. The van der Waals surface area contributed by atoms with E-state index in [0.717, 1.165) is 0 Å². The topological polar surface area (TPSA) is 81.4 Å². The number of methoxy groups -OCH3 is 1. The van der Waals surface area contributed by atoms with Crippen LogP contribution in [-0.2, 0) is 10.0 Å². The van der Waals surface area contributed by atoms with Crippen molar-refractivity contribution in [2.75, 3.05) is 11.8 Å². The minimum atomic E-state index is -3.91. The predicted molar refractivity (Wildman–Crippen MR) is 92.6 cm³/mol. The molecule has 2 aromatic carbocycles. The Morgan fingerprint density at radius 1 is 1.12 bits per heavy atom. The van der Waals surface area contributed by atoms with E-state index in [-0.39, 0.29) is 20.6 Å². The van der Waals surface area contributed by atoms with E-state index in [1.165, 1.54) is 25.3 Å². The van der Waals surface area contributed by atoms with E-state index in [1.54, 1.807) is 19.1 Å². The molecule has 126 valence electrons. The Hall–Kier alpha value is -1.96. The Bertz CT molecular complexity index is 1010. The molecule has 3 aromatic rings. The third-order valence-corrected chi connectivity index (χ3v) is 5.14. The zero-order chi connectivity index (χ0) is 17.5. The molecule has 0 unspecified atom stereocenters. The van der Waals surface area contributed by atoms with Gasteiger partial charge in [0.25, 0.3) is 10.0 Å². The number of rotatable bonds is 4. The molecule has 1 aromatic heterocycles. The van der Waals surface area contributed by atoms with Crippen LogP contribution in [0.4, 0.5) is 5.69 Å². The molecule has 0 spiro atoms. The van der Waals surface area contributed by atoms with E-state index in [0.29, 0.717) is 22.4 Å². The maximum Gasteiger partial charge on any atom is 0.262 e. The van der Waals surface area contributed by atoms with Crippen molar-refractivity contribution in [1.29, 1.82) is 0 Å². The number of halogens is 2. The van der Waals surface area contributed by atoms with Crippen LogP contribution in [0.5, 0.6) is 5.75 Å². The molecule has 0 atom stereocenters. The first-order valence-corrected chi connectivity index (χ1v) is 8.97. The third kappa shape index (κ3) is 3.15. The maximum atomic E-state index is 12.6.